The van der Waals surface area contributed by atoms with Crippen molar-refractivity contribution in [1.29, 1.82) is 5.26 Å². The molecule has 5 heteroatoms. The zero-order valence-electron chi connectivity index (χ0n) is 10.3. The molecule has 0 aliphatic heterocycles. The number of H-pyrrole nitrogens is 1. The van der Waals surface area contributed by atoms with Gasteiger partial charge in [0.1, 0.15) is 6.07 Å². The minimum absolute atomic E-state index is 0.629. The number of anilines is 1. The van der Waals surface area contributed by atoms with Crippen molar-refractivity contribution in [3.8, 4) is 6.07 Å². The third-order valence-electron chi connectivity index (χ3n) is 2.81. The molecule has 18 heavy (non-hydrogen) atoms. The highest BCUT2D eigenvalue weighted by Gasteiger charge is 2.02. The second-order valence-electron chi connectivity index (χ2n) is 4.08. The lowest BCUT2D eigenvalue weighted by Crippen LogP contribution is -2.05. The second kappa shape index (κ2) is 5.82. The molecule has 0 aliphatic carbocycles. The van der Waals surface area contributed by atoms with Crippen LogP contribution in [0.15, 0.2) is 24.7 Å². The van der Waals surface area contributed by atoms with Gasteiger partial charge in [-0.2, -0.15) is 10.4 Å². The summed E-state index contributed by atoms with van der Waals surface area (Å²) in [6, 6.07) is 3.85. The molecule has 2 rings (SSSR count). The Hall–Kier alpha value is -2.35. The average Bonchev–Trinajstić information content (AvgIpc) is 2.81. The lowest BCUT2D eigenvalue weighted by Gasteiger charge is -2.06. The van der Waals surface area contributed by atoms with Crippen molar-refractivity contribution >= 4 is 5.69 Å². The minimum atomic E-state index is 0.629. The molecule has 0 amide bonds. The molecule has 2 heterocycles. The fraction of sp³-hybridized carbons (Fsp3) is 0.308. The molecule has 0 saturated carbocycles. The molecule has 0 fully saturated rings. The van der Waals surface area contributed by atoms with Gasteiger partial charge in [-0.05, 0) is 31.4 Å². The molecular formula is C13H15N5. The predicted molar refractivity (Wildman–Crippen MR) is 69.1 cm³/mol. The molecule has 0 atom stereocenters. The van der Waals surface area contributed by atoms with E-state index in [1.165, 1.54) is 5.56 Å². The van der Waals surface area contributed by atoms with Gasteiger partial charge < -0.3 is 5.32 Å². The van der Waals surface area contributed by atoms with Crippen LogP contribution in [0.25, 0.3) is 0 Å². The van der Waals surface area contributed by atoms with Crippen molar-refractivity contribution in [3.63, 3.8) is 0 Å². The van der Waals surface area contributed by atoms with Gasteiger partial charge in [0.15, 0.2) is 0 Å². The van der Waals surface area contributed by atoms with Crippen LogP contribution in [0, 0.1) is 18.3 Å². The van der Waals surface area contributed by atoms with Gasteiger partial charge >= 0.3 is 0 Å². The molecule has 0 unspecified atom stereocenters. The first-order valence-electron chi connectivity index (χ1n) is 5.88. The number of hydrogen-bond acceptors (Lipinski definition) is 4. The third kappa shape index (κ3) is 2.86. The molecule has 2 aromatic rings. The number of nitriles is 1. The molecule has 0 aromatic carbocycles. The van der Waals surface area contributed by atoms with Gasteiger partial charge in [-0.15, -0.1) is 0 Å². The summed E-state index contributed by atoms with van der Waals surface area (Å²) in [7, 11) is 0. The van der Waals surface area contributed by atoms with Gasteiger partial charge in [-0.1, -0.05) is 0 Å². The lowest BCUT2D eigenvalue weighted by molar-refractivity contribution is 0.856. The minimum Gasteiger partial charge on any atom is -0.383 e. The van der Waals surface area contributed by atoms with E-state index in [9.17, 15) is 0 Å². The number of rotatable bonds is 5. The van der Waals surface area contributed by atoms with Crippen LogP contribution in [-0.2, 0) is 6.42 Å². The molecule has 2 aromatic heterocycles. The van der Waals surface area contributed by atoms with E-state index in [2.05, 4.69) is 26.6 Å². The Labute approximate surface area is 106 Å². The van der Waals surface area contributed by atoms with Crippen LogP contribution < -0.4 is 5.32 Å². The summed E-state index contributed by atoms with van der Waals surface area (Å²) in [6.07, 6.45) is 7.12. The highest BCUT2D eigenvalue weighted by atomic mass is 15.1. The van der Waals surface area contributed by atoms with Gasteiger partial charge in [0, 0.05) is 18.4 Å². The molecule has 92 valence electrons. The number of pyridine rings is 1. The summed E-state index contributed by atoms with van der Waals surface area (Å²) < 4.78 is 0. The normalized spacial score (nSPS) is 10.0. The highest BCUT2D eigenvalue weighted by Crippen LogP contribution is 2.12. The van der Waals surface area contributed by atoms with Crippen molar-refractivity contribution in [2.24, 2.45) is 0 Å². The number of nitrogens with one attached hydrogen (secondary N) is 2. The van der Waals surface area contributed by atoms with E-state index in [4.69, 9.17) is 5.26 Å². The van der Waals surface area contributed by atoms with E-state index < -0.39 is 0 Å². The van der Waals surface area contributed by atoms with Crippen molar-refractivity contribution in [1.82, 2.24) is 15.2 Å². The number of hydrogen-bond donors (Lipinski definition) is 2. The Morgan fingerprint density at radius 3 is 3.06 bits per heavy atom. The number of nitrogens with zero attached hydrogens (tertiary/aromatic N) is 3. The Morgan fingerprint density at radius 2 is 2.33 bits per heavy atom. The van der Waals surface area contributed by atoms with Gasteiger partial charge in [0.2, 0.25) is 0 Å². The quantitative estimate of drug-likeness (QED) is 0.785. The van der Waals surface area contributed by atoms with E-state index >= 15 is 0 Å². The van der Waals surface area contributed by atoms with Crippen molar-refractivity contribution in [2.45, 2.75) is 19.8 Å². The molecule has 0 radical (unpaired) electrons. The molecule has 5 nitrogen and oxygen atoms in total. The maximum atomic E-state index is 8.93. The largest absolute Gasteiger partial charge is 0.383 e. The maximum absolute atomic E-state index is 8.93. The predicted octanol–water partition coefficient (Wildman–Crippen LogP) is 2.03. The summed E-state index contributed by atoms with van der Waals surface area (Å²) >= 11 is 0. The van der Waals surface area contributed by atoms with E-state index in [-0.39, 0.29) is 0 Å². The monoisotopic (exact) mass is 241 g/mol. The summed E-state index contributed by atoms with van der Waals surface area (Å²) in [5, 5.41) is 19.1. The smallest absolute Gasteiger partial charge is 0.101 e. The fourth-order valence-corrected chi connectivity index (χ4v) is 1.76. The zero-order valence-corrected chi connectivity index (χ0v) is 10.3. The first-order chi connectivity index (χ1) is 8.81. The molecule has 0 bridgehead atoms. The maximum Gasteiger partial charge on any atom is 0.101 e. The van der Waals surface area contributed by atoms with Crippen LogP contribution in [0.5, 0.6) is 0 Å². The van der Waals surface area contributed by atoms with Gasteiger partial charge in [-0.25, -0.2) is 0 Å². The number of aromatic nitrogens is 3. The van der Waals surface area contributed by atoms with E-state index in [0.717, 1.165) is 30.8 Å². The van der Waals surface area contributed by atoms with Crippen LogP contribution in [-0.4, -0.2) is 21.7 Å². The van der Waals surface area contributed by atoms with E-state index in [1.807, 2.05) is 13.1 Å². The SMILES string of the molecule is Cc1[nH]ncc1CCCNc1cnccc1C#N. The molecule has 0 aliphatic rings. The van der Waals surface area contributed by atoms with Crippen molar-refractivity contribution in [3.05, 3.63) is 41.5 Å². The Kier molecular flexibility index (Phi) is 3.92. The fourth-order valence-electron chi connectivity index (χ4n) is 1.76. The Morgan fingerprint density at radius 1 is 1.44 bits per heavy atom. The zero-order chi connectivity index (χ0) is 12.8. The molecule has 0 spiro atoms. The summed E-state index contributed by atoms with van der Waals surface area (Å²) in [5.41, 5.74) is 3.78. The van der Waals surface area contributed by atoms with Crippen molar-refractivity contribution < 1.29 is 0 Å². The number of aromatic amines is 1. The lowest BCUT2D eigenvalue weighted by atomic mass is 10.1. The first-order valence-corrected chi connectivity index (χ1v) is 5.88. The molecule has 2 N–H and O–H groups in total. The van der Waals surface area contributed by atoms with Gasteiger partial charge in [0.05, 0.1) is 23.6 Å². The van der Waals surface area contributed by atoms with Gasteiger partial charge in [0.25, 0.3) is 0 Å². The second-order valence-corrected chi connectivity index (χ2v) is 4.08. The topological polar surface area (TPSA) is 77.4 Å². The van der Waals surface area contributed by atoms with Crippen LogP contribution >= 0.6 is 0 Å². The van der Waals surface area contributed by atoms with Crippen LogP contribution in [0.3, 0.4) is 0 Å². The summed E-state index contributed by atoms with van der Waals surface area (Å²) in [4.78, 5) is 4.01. The summed E-state index contributed by atoms with van der Waals surface area (Å²) in [5.74, 6) is 0. The standard InChI is InChI=1S/C13H15N5/c1-10-12(8-17-18-10)3-2-5-16-13-9-15-6-4-11(13)7-14/h4,6,8-9,16H,2-3,5H2,1H3,(H,17,18). The Balaban J connectivity index is 1.82. The van der Waals surface area contributed by atoms with E-state index in [0.29, 0.717) is 5.56 Å². The van der Waals surface area contributed by atoms with Crippen LogP contribution in [0.4, 0.5) is 5.69 Å². The van der Waals surface area contributed by atoms with Crippen molar-refractivity contribution in [2.75, 3.05) is 11.9 Å². The third-order valence-corrected chi connectivity index (χ3v) is 2.81. The molecule has 0 saturated heterocycles. The van der Waals surface area contributed by atoms with Crippen LogP contribution in [0.2, 0.25) is 0 Å². The van der Waals surface area contributed by atoms with Crippen LogP contribution in [0.1, 0.15) is 23.2 Å². The Bertz CT molecular complexity index is 553. The highest BCUT2D eigenvalue weighted by molar-refractivity contribution is 5.55. The first kappa shape index (κ1) is 12.1. The molecular weight excluding hydrogens is 226 g/mol. The van der Waals surface area contributed by atoms with E-state index in [1.54, 1.807) is 18.5 Å². The van der Waals surface area contributed by atoms with Gasteiger partial charge in [-0.3, -0.25) is 10.1 Å². The number of aryl methyl sites for hydroxylation is 2. The summed E-state index contributed by atoms with van der Waals surface area (Å²) in [6.45, 7) is 2.83. The average molecular weight is 241 g/mol.